The number of rotatable bonds is 7. The molecular weight excluding hydrogens is 423 g/mol. The van der Waals surface area contributed by atoms with Gasteiger partial charge in [0.25, 0.3) is 0 Å². The maximum Gasteiger partial charge on any atom is 0.244 e. The number of halogens is 2. The van der Waals surface area contributed by atoms with Gasteiger partial charge in [-0.15, -0.1) is 0 Å². The van der Waals surface area contributed by atoms with Gasteiger partial charge in [-0.05, 0) is 44.9 Å². The molecule has 3 rings (SSSR count). The van der Waals surface area contributed by atoms with Gasteiger partial charge in [0.15, 0.2) is 0 Å². The fraction of sp³-hybridized carbons (Fsp3) is 0.455. The zero-order valence-corrected chi connectivity index (χ0v) is 18.7. The summed E-state index contributed by atoms with van der Waals surface area (Å²) in [5, 5.41) is 16.3. The number of nitrogens with zero attached hydrogens (tertiary/aromatic N) is 3. The average Bonchev–Trinajstić information content (AvgIpc) is 3.58. The van der Waals surface area contributed by atoms with Crippen LogP contribution in [0.2, 0.25) is 5.02 Å². The molecule has 0 unspecified atom stereocenters. The van der Waals surface area contributed by atoms with Gasteiger partial charge < -0.3 is 20.3 Å². The molecule has 0 spiro atoms. The highest BCUT2D eigenvalue weighted by molar-refractivity contribution is 6.30. The summed E-state index contributed by atoms with van der Waals surface area (Å²) in [5.41, 5.74) is 1.10. The van der Waals surface area contributed by atoms with Crippen molar-refractivity contribution in [3.63, 3.8) is 0 Å². The first-order chi connectivity index (χ1) is 14.7. The minimum Gasteiger partial charge on any atom is -0.511 e. The Balaban J connectivity index is 1.62. The number of nitrogens with one attached hydrogen (secondary N) is 1. The van der Waals surface area contributed by atoms with Gasteiger partial charge in [-0.2, -0.15) is 0 Å². The molecule has 0 bridgehead atoms. The molecule has 168 valence electrons. The third kappa shape index (κ3) is 5.57. The van der Waals surface area contributed by atoms with Crippen LogP contribution >= 0.6 is 11.6 Å². The van der Waals surface area contributed by atoms with Gasteiger partial charge in [-0.1, -0.05) is 23.7 Å². The third-order valence-corrected chi connectivity index (χ3v) is 5.98. The number of aliphatic hydroxyl groups is 1. The van der Waals surface area contributed by atoms with Crippen LogP contribution < -0.4 is 5.32 Å². The number of benzene rings is 1. The topological polar surface area (TPSA) is 76.1 Å². The van der Waals surface area contributed by atoms with Crippen molar-refractivity contribution in [2.45, 2.75) is 45.3 Å². The number of likely N-dealkylation sites (N-methyl/N-ethyl adjacent to an activating group) is 1. The van der Waals surface area contributed by atoms with Crippen LogP contribution in [-0.4, -0.2) is 64.1 Å². The lowest BCUT2D eigenvalue weighted by Gasteiger charge is -2.37. The molecule has 1 aromatic carbocycles. The molecule has 1 heterocycles. The largest absolute Gasteiger partial charge is 0.511 e. The van der Waals surface area contributed by atoms with Crippen molar-refractivity contribution in [3.05, 3.63) is 58.2 Å². The van der Waals surface area contributed by atoms with Crippen LogP contribution in [0.15, 0.2) is 41.8 Å². The lowest BCUT2D eigenvalue weighted by molar-refractivity contribution is -0.140. The number of carbonyl (C=O) groups is 2. The maximum atomic E-state index is 14.0. The van der Waals surface area contributed by atoms with Crippen LogP contribution in [0.5, 0.6) is 0 Å². The minimum atomic E-state index is -0.558. The predicted molar refractivity (Wildman–Crippen MR) is 116 cm³/mol. The average molecular weight is 451 g/mol. The first kappa shape index (κ1) is 23.1. The van der Waals surface area contributed by atoms with Gasteiger partial charge in [0.2, 0.25) is 11.8 Å². The molecule has 0 aromatic heterocycles. The van der Waals surface area contributed by atoms with Crippen molar-refractivity contribution in [3.8, 4) is 0 Å². The monoisotopic (exact) mass is 450 g/mol. The van der Waals surface area contributed by atoms with E-state index >= 15 is 0 Å². The van der Waals surface area contributed by atoms with E-state index in [-0.39, 0.29) is 54.3 Å². The molecule has 2 aliphatic rings. The molecule has 1 aliphatic carbocycles. The fourth-order valence-electron chi connectivity index (χ4n) is 3.43. The number of carbonyl (C=O) groups excluding carboxylic acids is 2. The van der Waals surface area contributed by atoms with E-state index in [1.807, 2.05) is 13.8 Å². The number of hydrogen-bond donors (Lipinski definition) is 2. The standard InChI is InChI=1S/C22H28ClFN4O3/c1-14-7-10-19(29)15(2)26(3)28(14)13-21(31)27(17-8-9-17)12-20(30)25-11-16-5-4-6-18(23)22(16)24/h4-7,10,15,17,29H,8-9,11-13H2,1-3H3,(H,25,30)/t15-/m1/s1. The number of hydrazine groups is 1. The summed E-state index contributed by atoms with van der Waals surface area (Å²) in [5.74, 6) is -0.885. The van der Waals surface area contributed by atoms with E-state index < -0.39 is 5.82 Å². The fourth-order valence-corrected chi connectivity index (χ4v) is 3.63. The Labute approximate surface area is 186 Å². The van der Waals surface area contributed by atoms with Crippen LogP contribution in [0.3, 0.4) is 0 Å². The third-order valence-electron chi connectivity index (χ3n) is 5.69. The van der Waals surface area contributed by atoms with E-state index in [1.165, 1.54) is 6.07 Å². The molecule has 2 N–H and O–H groups in total. The summed E-state index contributed by atoms with van der Waals surface area (Å²) in [7, 11) is 1.80. The van der Waals surface area contributed by atoms with Crippen molar-refractivity contribution < 1.29 is 19.1 Å². The molecular formula is C22H28ClFN4O3. The summed E-state index contributed by atoms with van der Waals surface area (Å²) in [6.07, 6.45) is 5.09. The highest BCUT2D eigenvalue weighted by atomic mass is 35.5. The normalized spacial score (nSPS) is 19.4. The SMILES string of the molecule is CC1=CC=C(O)[C@@H](C)N(C)N1CC(=O)N(CC(=O)NCc1cccc(Cl)c1F)C1CC1. The number of hydrogen-bond acceptors (Lipinski definition) is 5. The second-order valence-electron chi connectivity index (χ2n) is 7.95. The zero-order chi connectivity index (χ0) is 22.7. The van der Waals surface area contributed by atoms with E-state index in [1.54, 1.807) is 46.3 Å². The van der Waals surface area contributed by atoms with Crippen molar-refractivity contribution in [1.82, 2.24) is 20.2 Å². The highest BCUT2D eigenvalue weighted by Crippen LogP contribution is 2.27. The van der Waals surface area contributed by atoms with E-state index in [2.05, 4.69) is 5.32 Å². The quantitative estimate of drug-likeness (QED) is 0.668. The molecule has 0 radical (unpaired) electrons. The summed E-state index contributed by atoms with van der Waals surface area (Å²) < 4.78 is 14.0. The Morgan fingerprint density at radius 3 is 2.71 bits per heavy atom. The molecule has 7 nitrogen and oxygen atoms in total. The maximum absolute atomic E-state index is 14.0. The number of allylic oxidation sites excluding steroid dienone is 3. The second-order valence-corrected chi connectivity index (χ2v) is 8.36. The summed E-state index contributed by atoms with van der Waals surface area (Å²) in [6, 6.07) is 4.37. The minimum absolute atomic E-state index is 0.00119. The lowest BCUT2D eigenvalue weighted by Crippen LogP contribution is -2.51. The van der Waals surface area contributed by atoms with Crippen molar-refractivity contribution in [1.29, 1.82) is 0 Å². The van der Waals surface area contributed by atoms with Gasteiger partial charge in [0.05, 0.1) is 17.6 Å². The first-order valence-corrected chi connectivity index (χ1v) is 10.6. The number of aliphatic hydroxyl groups excluding tert-OH is 1. The van der Waals surface area contributed by atoms with Gasteiger partial charge in [-0.25, -0.2) is 9.40 Å². The molecule has 1 aromatic rings. The summed E-state index contributed by atoms with van der Waals surface area (Å²) in [6.45, 7) is 3.66. The van der Waals surface area contributed by atoms with Crippen molar-refractivity contribution in [2.75, 3.05) is 20.1 Å². The predicted octanol–water partition coefficient (Wildman–Crippen LogP) is 2.98. The molecule has 0 saturated heterocycles. The molecule has 2 amide bonds. The van der Waals surface area contributed by atoms with E-state index in [4.69, 9.17) is 11.6 Å². The number of amides is 2. The molecule has 1 fully saturated rings. The summed E-state index contributed by atoms with van der Waals surface area (Å²) >= 11 is 5.78. The van der Waals surface area contributed by atoms with Gasteiger partial charge >= 0.3 is 0 Å². The Bertz CT molecular complexity index is 916. The second kappa shape index (κ2) is 9.70. The zero-order valence-electron chi connectivity index (χ0n) is 17.9. The highest BCUT2D eigenvalue weighted by Gasteiger charge is 2.35. The Hall–Kier alpha value is -2.58. The molecule has 31 heavy (non-hydrogen) atoms. The van der Waals surface area contributed by atoms with Crippen LogP contribution in [0.25, 0.3) is 0 Å². The molecule has 9 heteroatoms. The van der Waals surface area contributed by atoms with E-state index in [0.29, 0.717) is 5.56 Å². The Kier molecular flexibility index (Phi) is 7.23. The van der Waals surface area contributed by atoms with E-state index in [9.17, 15) is 19.1 Å². The van der Waals surface area contributed by atoms with Crippen LogP contribution in [-0.2, 0) is 16.1 Å². The Morgan fingerprint density at radius 1 is 1.32 bits per heavy atom. The van der Waals surface area contributed by atoms with Crippen molar-refractivity contribution >= 4 is 23.4 Å². The lowest BCUT2D eigenvalue weighted by atomic mass is 10.2. The first-order valence-electron chi connectivity index (χ1n) is 10.3. The van der Waals surface area contributed by atoms with Gasteiger partial charge in [-0.3, -0.25) is 9.59 Å². The van der Waals surface area contributed by atoms with Crippen LogP contribution in [0.1, 0.15) is 32.3 Å². The van der Waals surface area contributed by atoms with Crippen LogP contribution in [0.4, 0.5) is 4.39 Å². The van der Waals surface area contributed by atoms with Crippen molar-refractivity contribution in [2.24, 2.45) is 0 Å². The van der Waals surface area contributed by atoms with Crippen LogP contribution in [0, 0.1) is 5.82 Å². The van der Waals surface area contributed by atoms with E-state index in [0.717, 1.165) is 18.5 Å². The Morgan fingerprint density at radius 2 is 2.03 bits per heavy atom. The molecule has 1 atom stereocenters. The smallest absolute Gasteiger partial charge is 0.244 e. The molecule has 1 aliphatic heterocycles. The van der Waals surface area contributed by atoms with Gasteiger partial charge in [0.1, 0.15) is 18.1 Å². The molecule has 1 saturated carbocycles. The van der Waals surface area contributed by atoms with Gasteiger partial charge in [0, 0.05) is 30.9 Å². The summed E-state index contributed by atoms with van der Waals surface area (Å²) in [4.78, 5) is 27.2.